The lowest BCUT2D eigenvalue weighted by Crippen LogP contribution is -2.01. The summed E-state index contributed by atoms with van der Waals surface area (Å²) in [6.45, 7) is 0. The van der Waals surface area contributed by atoms with Crippen molar-refractivity contribution in [1.29, 1.82) is 5.26 Å². The van der Waals surface area contributed by atoms with Crippen molar-refractivity contribution in [3.63, 3.8) is 0 Å². The summed E-state index contributed by atoms with van der Waals surface area (Å²) in [7, 11) is 0. The third-order valence-electron chi connectivity index (χ3n) is 2.55. The van der Waals surface area contributed by atoms with Gasteiger partial charge in [-0.15, -0.1) is 0 Å². The molecule has 94 valence electrons. The molecule has 0 spiro atoms. The average molecular weight is 310 g/mol. The molecule has 5 nitrogen and oxygen atoms in total. The monoisotopic (exact) mass is 309 g/mol. The molecule has 0 saturated heterocycles. The van der Waals surface area contributed by atoms with E-state index < -0.39 is 0 Å². The Morgan fingerprint density at radius 2 is 2.16 bits per heavy atom. The Hall–Kier alpha value is -1.81. The summed E-state index contributed by atoms with van der Waals surface area (Å²) in [5.41, 5.74) is 6.73. The molecule has 0 saturated carbocycles. The minimum atomic E-state index is 0.253. The first-order valence-corrected chi connectivity index (χ1v) is 6.67. The van der Waals surface area contributed by atoms with Gasteiger partial charge in [-0.25, -0.2) is 4.98 Å². The highest BCUT2D eigenvalue weighted by atomic mass is 35.5. The Morgan fingerprint density at radius 1 is 1.37 bits per heavy atom. The van der Waals surface area contributed by atoms with Crippen LogP contribution in [0.1, 0.15) is 5.56 Å². The fourth-order valence-corrected chi connectivity index (χ4v) is 2.97. The highest BCUT2D eigenvalue weighted by molar-refractivity contribution is 7.20. The largest absolute Gasteiger partial charge is 0.382 e. The minimum Gasteiger partial charge on any atom is -0.382 e. The van der Waals surface area contributed by atoms with Crippen molar-refractivity contribution < 1.29 is 0 Å². The van der Waals surface area contributed by atoms with Crippen LogP contribution < -0.4 is 5.73 Å². The van der Waals surface area contributed by atoms with Gasteiger partial charge in [0, 0.05) is 0 Å². The molecule has 0 bridgehead atoms. The number of halogens is 2. The number of nitrogens with zero attached hydrogens (tertiary/aromatic N) is 4. The number of rotatable bonds is 1. The van der Waals surface area contributed by atoms with Crippen LogP contribution in [0.4, 0.5) is 5.82 Å². The lowest BCUT2D eigenvalue weighted by atomic mass is 10.3. The first kappa shape index (κ1) is 12.2. The van der Waals surface area contributed by atoms with Crippen LogP contribution >= 0.6 is 34.5 Å². The average Bonchev–Trinajstić information content (AvgIpc) is 2.97. The summed E-state index contributed by atoms with van der Waals surface area (Å²) in [5.74, 6) is 0.253. The number of aromatic nitrogens is 3. The van der Waals surface area contributed by atoms with Gasteiger partial charge in [0.15, 0.2) is 0 Å². The number of nitrogen functional groups attached to an aromatic ring is 1. The molecule has 19 heavy (non-hydrogen) atoms. The second kappa shape index (κ2) is 4.38. The molecule has 0 fully saturated rings. The van der Waals surface area contributed by atoms with E-state index in [0.717, 1.165) is 4.70 Å². The van der Waals surface area contributed by atoms with Crippen LogP contribution in [0.15, 0.2) is 18.3 Å². The van der Waals surface area contributed by atoms with E-state index >= 15 is 0 Å². The lowest BCUT2D eigenvalue weighted by molar-refractivity contribution is 0.883. The van der Waals surface area contributed by atoms with Crippen LogP contribution in [0, 0.1) is 11.3 Å². The van der Waals surface area contributed by atoms with E-state index in [0.29, 0.717) is 26.3 Å². The highest BCUT2D eigenvalue weighted by Crippen LogP contribution is 2.35. The molecule has 0 aliphatic rings. The summed E-state index contributed by atoms with van der Waals surface area (Å²) in [6, 6.07) is 5.50. The lowest BCUT2D eigenvalue weighted by Gasteiger charge is -1.97. The smallest absolute Gasteiger partial charge is 0.213 e. The van der Waals surface area contributed by atoms with Crippen LogP contribution in [0.3, 0.4) is 0 Å². The Labute approximate surface area is 121 Å². The number of thiazole rings is 1. The Bertz CT molecular complexity index is 830. The van der Waals surface area contributed by atoms with E-state index in [1.54, 1.807) is 6.07 Å². The topological polar surface area (TPSA) is 80.5 Å². The van der Waals surface area contributed by atoms with Crippen molar-refractivity contribution in [2.24, 2.45) is 0 Å². The number of fused-ring (bicyclic) bond motifs is 1. The van der Waals surface area contributed by atoms with Gasteiger partial charge < -0.3 is 5.73 Å². The van der Waals surface area contributed by atoms with Crippen LogP contribution in [-0.2, 0) is 0 Å². The molecular formula is C11H5Cl2N5S. The van der Waals surface area contributed by atoms with Crippen molar-refractivity contribution in [3.8, 4) is 11.2 Å². The van der Waals surface area contributed by atoms with Crippen molar-refractivity contribution in [2.45, 2.75) is 0 Å². The van der Waals surface area contributed by atoms with E-state index in [1.165, 1.54) is 22.2 Å². The Kier molecular flexibility index (Phi) is 2.82. The van der Waals surface area contributed by atoms with Crippen LogP contribution in [0.2, 0.25) is 10.0 Å². The van der Waals surface area contributed by atoms with Gasteiger partial charge in [-0.3, -0.25) is 0 Å². The second-order valence-corrected chi connectivity index (χ2v) is 5.47. The summed E-state index contributed by atoms with van der Waals surface area (Å²) in [5, 5.41) is 14.3. The zero-order valence-electron chi connectivity index (χ0n) is 9.26. The fourth-order valence-electron chi connectivity index (χ4n) is 1.61. The molecule has 0 amide bonds. The van der Waals surface area contributed by atoms with Crippen molar-refractivity contribution >= 4 is 50.6 Å². The van der Waals surface area contributed by atoms with Crippen LogP contribution in [0.5, 0.6) is 0 Å². The summed E-state index contributed by atoms with van der Waals surface area (Å²) in [6.07, 6.45) is 1.40. The van der Waals surface area contributed by atoms with E-state index in [9.17, 15) is 0 Å². The van der Waals surface area contributed by atoms with Gasteiger partial charge in [0.05, 0.1) is 20.9 Å². The molecule has 0 aliphatic carbocycles. The van der Waals surface area contributed by atoms with E-state index in [1.807, 2.05) is 12.1 Å². The fraction of sp³-hybridized carbons (Fsp3) is 0. The first-order valence-electron chi connectivity index (χ1n) is 5.10. The van der Waals surface area contributed by atoms with E-state index in [2.05, 4.69) is 10.1 Å². The third kappa shape index (κ3) is 1.83. The molecule has 3 aromatic rings. The molecule has 1 aromatic carbocycles. The molecule has 0 radical (unpaired) electrons. The number of anilines is 1. The second-order valence-electron chi connectivity index (χ2n) is 3.67. The molecular weight excluding hydrogens is 305 g/mol. The standard InChI is InChI=1S/C11H5Cl2N5S/c12-6-1-2-7-9(8(6)13)17-11(19-7)18-10(15)5(3-14)4-16-18/h1-2,4H,15H2. The maximum absolute atomic E-state index is 8.86. The normalized spacial score (nSPS) is 10.8. The Balaban J connectivity index is 2.24. The summed E-state index contributed by atoms with van der Waals surface area (Å²) < 4.78 is 2.28. The van der Waals surface area contributed by atoms with Crippen molar-refractivity contribution in [2.75, 3.05) is 5.73 Å². The molecule has 0 atom stereocenters. The van der Waals surface area contributed by atoms with E-state index in [-0.39, 0.29) is 5.82 Å². The number of hydrogen-bond acceptors (Lipinski definition) is 5. The highest BCUT2D eigenvalue weighted by Gasteiger charge is 2.15. The molecule has 3 rings (SSSR count). The van der Waals surface area contributed by atoms with Crippen LogP contribution in [-0.4, -0.2) is 14.8 Å². The van der Waals surface area contributed by atoms with Gasteiger partial charge in [0.1, 0.15) is 23.0 Å². The number of benzene rings is 1. The number of nitriles is 1. The van der Waals surface area contributed by atoms with Gasteiger partial charge in [-0.2, -0.15) is 15.0 Å². The molecule has 0 aliphatic heterocycles. The predicted molar refractivity (Wildman–Crippen MR) is 75.9 cm³/mol. The zero-order chi connectivity index (χ0) is 13.6. The van der Waals surface area contributed by atoms with Gasteiger partial charge in [0.2, 0.25) is 5.13 Å². The molecule has 0 unspecified atom stereocenters. The maximum atomic E-state index is 8.86. The third-order valence-corrected chi connectivity index (χ3v) is 4.34. The summed E-state index contributed by atoms with van der Waals surface area (Å²) >= 11 is 13.4. The minimum absolute atomic E-state index is 0.253. The number of nitrogens with two attached hydrogens (primary N) is 1. The van der Waals surface area contributed by atoms with E-state index in [4.69, 9.17) is 34.2 Å². The predicted octanol–water partition coefficient (Wildman–Crippen LogP) is 3.24. The molecule has 2 N–H and O–H groups in total. The van der Waals surface area contributed by atoms with Gasteiger partial charge in [-0.1, -0.05) is 34.5 Å². The van der Waals surface area contributed by atoms with Gasteiger partial charge in [-0.05, 0) is 12.1 Å². The summed E-state index contributed by atoms with van der Waals surface area (Å²) in [4.78, 5) is 4.36. The zero-order valence-corrected chi connectivity index (χ0v) is 11.6. The van der Waals surface area contributed by atoms with Crippen LogP contribution in [0.25, 0.3) is 15.3 Å². The molecule has 8 heteroatoms. The quantitative estimate of drug-likeness (QED) is 0.748. The Morgan fingerprint density at radius 3 is 2.84 bits per heavy atom. The first-order chi connectivity index (χ1) is 9.11. The SMILES string of the molecule is N#Cc1cnn(-c2nc3c(Cl)c(Cl)ccc3s2)c1N. The van der Waals surface area contributed by atoms with Gasteiger partial charge >= 0.3 is 0 Å². The maximum Gasteiger partial charge on any atom is 0.213 e. The van der Waals surface area contributed by atoms with Crippen molar-refractivity contribution in [3.05, 3.63) is 33.9 Å². The van der Waals surface area contributed by atoms with Crippen molar-refractivity contribution in [1.82, 2.24) is 14.8 Å². The molecule has 2 heterocycles. The van der Waals surface area contributed by atoms with Gasteiger partial charge in [0.25, 0.3) is 0 Å². The molecule has 2 aromatic heterocycles. The number of hydrogen-bond donors (Lipinski definition) is 1.